The van der Waals surface area contributed by atoms with Crippen LogP contribution in [0.3, 0.4) is 0 Å². The van der Waals surface area contributed by atoms with E-state index in [9.17, 15) is 4.79 Å². The minimum Gasteiger partial charge on any atom is -0.380 e. The Balaban J connectivity index is 2.52. The minimum atomic E-state index is -0.0967. The van der Waals surface area contributed by atoms with Crippen LogP contribution >= 0.6 is 0 Å². The zero-order chi connectivity index (χ0) is 11.4. The number of methoxy groups -OCH3 is 1. The molecule has 1 aliphatic heterocycles. The Labute approximate surface area is 91.8 Å². The van der Waals surface area contributed by atoms with Crippen molar-refractivity contribution in [3.05, 3.63) is 0 Å². The van der Waals surface area contributed by atoms with Crippen LogP contribution in [0.4, 0.5) is 0 Å². The van der Waals surface area contributed by atoms with Gasteiger partial charge in [0.2, 0.25) is 5.91 Å². The molecule has 1 aliphatic rings. The molecule has 3 atom stereocenters. The molecule has 0 aromatic carbocycles. The van der Waals surface area contributed by atoms with Gasteiger partial charge in [0.05, 0.1) is 12.0 Å². The van der Waals surface area contributed by atoms with E-state index in [1.165, 1.54) is 0 Å². The molecule has 15 heavy (non-hydrogen) atoms. The summed E-state index contributed by atoms with van der Waals surface area (Å²) in [5, 5.41) is 0. The summed E-state index contributed by atoms with van der Waals surface area (Å²) in [5.74, 6) is 0.0624. The van der Waals surface area contributed by atoms with Crippen LogP contribution in [0, 0.1) is 5.92 Å². The molecular weight excluding hydrogens is 192 g/mol. The van der Waals surface area contributed by atoms with Crippen molar-refractivity contribution in [2.75, 3.05) is 20.2 Å². The Morgan fingerprint density at radius 1 is 1.53 bits per heavy atom. The van der Waals surface area contributed by atoms with Gasteiger partial charge in [-0.1, -0.05) is 6.92 Å². The highest BCUT2D eigenvalue weighted by atomic mass is 16.5. The quantitative estimate of drug-likeness (QED) is 0.749. The number of amides is 1. The Kier molecular flexibility index (Phi) is 4.54. The summed E-state index contributed by atoms with van der Waals surface area (Å²) >= 11 is 0. The van der Waals surface area contributed by atoms with Gasteiger partial charge in [0.1, 0.15) is 0 Å². The van der Waals surface area contributed by atoms with Crippen molar-refractivity contribution in [1.29, 1.82) is 0 Å². The van der Waals surface area contributed by atoms with Crippen LogP contribution < -0.4 is 5.73 Å². The van der Waals surface area contributed by atoms with Crippen LogP contribution in [0.1, 0.15) is 26.7 Å². The fourth-order valence-corrected chi connectivity index (χ4v) is 1.84. The maximum Gasteiger partial charge on any atom is 0.227 e. The first-order valence-corrected chi connectivity index (χ1v) is 5.63. The lowest BCUT2D eigenvalue weighted by atomic mass is 10.0. The molecule has 4 heteroatoms. The fourth-order valence-electron chi connectivity index (χ4n) is 1.84. The Bertz CT molecular complexity index is 219. The van der Waals surface area contributed by atoms with E-state index >= 15 is 0 Å². The number of nitrogens with two attached hydrogens (primary N) is 1. The zero-order valence-electron chi connectivity index (χ0n) is 9.90. The number of rotatable bonds is 3. The van der Waals surface area contributed by atoms with Crippen LogP contribution in [-0.4, -0.2) is 43.2 Å². The molecule has 0 bridgehead atoms. The van der Waals surface area contributed by atoms with Crippen LogP contribution in [0.15, 0.2) is 0 Å². The summed E-state index contributed by atoms with van der Waals surface area (Å²) in [6.45, 7) is 5.33. The molecule has 1 heterocycles. The SMILES string of the molecule is COC1CCCN(C(=O)C(C)C(C)N)C1. The molecular formula is C11H22N2O2. The van der Waals surface area contributed by atoms with Crippen LogP contribution in [0.5, 0.6) is 0 Å². The summed E-state index contributed by atoms with van der Waals surface area (Å²) in [7, 11) is 1.70. The van der Waals surface area contributed by atoms with Gasteiger partial charge in [0.15, 0.2) is 0 Å². The smallest absolute Gasteiger partial charge is 0.227 e. The van der Waals surface area contributed by atoms with E-state index in [0.717, 1.165) is 19.4 Å². The molecule has 0 aromatic rings. The molecule has 88 valence electrons. The van der Waals surface area contributed by atoms with Crippen molar-refractivity contribution in [3.63, 3.8) is 0 Å². The van der Waals surface area contributed by atoms with Crippen LogP contribution in [0.2, 0.25) is 0 Å². The van der Waals surface area contributed by atoms with Crippen LogP contribution in [0.25, 0.3) is 0 Å². The summed E-state index contributed by atoms with van der Waals surface area (Å²) in [6.07, 6.45) is 2.27. The van der Waals surface area contributed by atoms with Gasteiger partial charge in [0, 0.05) is 26.2 Å². The molecule has 0 aromatic heterocycles. The molecule has 4 nitrogen and oxygen atoms in total. The number of likely N-dealkylation sites (tertiary alicyclic amines) is 1. The van der Waals surface area contributed by atoms with Gasteiger partial charge in [-0.05, 0) is 19.8 Å². The van der Waals surface area contributed by atoms with Crippen molar-refractivity contribution in [2.24, 2.45) is 11.7 Å². The summed E-state index contributed by atoms with van der Waals surface area (Å²) in [6, 6.07) is -0.0829. The topological polar surface area (TPSA) is 55.6 Å². The highest BCUT2D eigenvalue weighted by molar-refractivity contribution is 5.79. The second kappa shape index (κ2) is 5.47. The predicted octanol–water partition coefficient (Wildman–Crippen LogP) is 0.607. The monoisotopic (exact) mass is 214 g/mol. The first kappa shape index (κ1) is 12.5. The van der Waals surface area contributed by atoms with Crippen molar-refractivity contribution >= 4 is 5.91 Å². The van der Waals surface area contributed by atoms with E-state index in [0.29, 0.717) is 6.54 Å². The maximum atomic E-state index is 12.0. The third-order valence-corrected chi connectivity index (χ3v) is 3.20. The summed E-state index contributed by atoms with van der Waals surface area (Å²) in [4.78, 5) is 13.9. The predicted molar refractivity (Wildman–Crippen MR) is 59.4 cm³/mol. The standard InChI is InChI=1S/C11H22N2O2/c1-8(9(2)12)11(14)13-6-4-5-10(7-13)15-3/h8-10H,4-7,12H2,1-3H3. The molecule has 1 rings (SSSR count). The normalized spacial score (nSPS) is 26.1. The fraction of sp³-hybridized carbons (Fsp3) is 0.909. The van der Waals surface area contributed by atoms with E-state index in [1.807, 2.05) is 18.7 Å². The summed E-state index contributed by atoms with van der Waals surface area (Å²) in [5.41, 5.74) is 5.73. The van der Waals surface area contributed by atoms with Gasteiger partial charge in [-0.25, -0.2) is 0 Å². The van der Waals surface area contributed by atoms with Gasteiger partial charge in [-0.15, -0.1) is 0 Å². The number of nitrogens with zero attached hydrogens (tertiary/aromatic N) is 1. The van der Waals surface area contributed by atoms with Gasteiger partial charge in [-0.3, -0.25) is 4.79 Å². The molecule has 0 radical (unpaired) electrons. The lowest BCUT2D eigenvalue weighted by molar-refractivity contribution is -0.139. The van der Waals surface area contributed by atoms with Crippen LogP contribution in [-0.2, 0) is 9.53 Å². The second-order valence-electron chi connectivity index (χ2n) is 4.43. The van der Waals surface area contributed by atoms with Crippen molar-refractivity contribution in [2.45, 2.75) is 38.8 Å². The molecule has 1 amide bonds. The Morgan fingerprint density at radius 3 is 2.73 bits per heavy atom. The third-order valence-electron chi connectivity index (χ3n) is 3.20. The lowest BCUT2D eigenvalue weighted by Crippen LogP contribution is -2.47. The molecule has 1 fully saturated rings. The van der Waals surface area contributed by atoms with E-state index in [1.54, 1.807) is 7.11 Å². The van der Waals surface area contributed by atoms with Gasteiger partial charge in [-0.2, -0.15) is 0 Å². The van der Waals surface area contributed by atoms with Crippen molar-refractivity contribution in [1.82, 2.24) is 4.90 Å². The second-order valence-corrected chi connectivity index (χ2v) is 4.43. The highest BCUT2D eigenvalue weighted by Gasteiger charge is 2.27. The molecule has 3 unspecified atom stereocenters. The Morgan fingerprint density at radius 2 is 2.20 bits per heavy atom. The number of hydrogen-bond acceptors (Lipinski definition) is 3. The maximum absolute atomic E-state index is 12.0. The lowest BCUT2D eigenvalue weighted by Gasteiger charge is -2.34. The van der Waals surface area contributed by atoms with Crippen molar-refractivity contribution < 1.29 is 9.53 Å². The van der Waals surface area contributed by atoms with Gasteiger partial charge >= 0.3 is 0 Å². The van der Waals surface area contributed by atoms with Gasteiger partial charge in [0.25, 0.3) is 0 Å². The molecule has 0 aliphatic carbocycles. The largest absolute Gasteiger partial charge is 0.380 e. The van der Waals surface area contributed by atoms with E-state index in [-0.39, 0.29) is 24.0 Å². The van der Waals surface area contributed by atoms with E-state index in [4.69, 9.17) is 10.5 Å². The van der Waals surface area contributed by atoms with E-state index < -0.39 is 0 Å². The van der Waals surface area contributed by atoms with Gasteiger partial charge < -0.3 is 15.4 Å². The molecule has 0 spiro atoms. The zero-order valence-corrected chi connectivity index (χ0v) is 9.90. The number of piperidine rings is 1. The molecule has 2 N–H and O–H groups in total. The molecule has 0 saturated carbocycles. The van der Waals surface area contributed by atoms with Crippen molar-refractivity contribution in [3.8, 4) is 0 Å². The number of carbonyl (C=O) groups is 1. The minimum absolute atomic E-state index is 0.0829. The first-order chi connectivity index (χ1) is 7.06. The highest BCUT2D eigenvalue weighted by Crippen LogP contribution is 2.15. The Hall–Kier alpha value is -0.610. The number of carbonyl (C=O) groups excluding carboxylic acids is 1. The summed E-state index contributed by atoms with van der Waals surface area (Å²) < 4.78 is 5.29. The third kappa shape index (κ3) is 3.18. The van der Waals surface area contributed by atoms with E-state index in [2.05, 4.69) is 0 Å². The number of hydrogen-bond donors (Lipinski definition) is 1. The number of ether oxygens (including phenoxy) is 1. The average Bonchev–Trinajstić information content (AvgIpc) is 2.27. The average molecular weight is 214 g/mol. The first-order valence-electron chi connectivity index (χ1n) is 5.63. The molecule has 1 saturated heterocycles.